The van der Waals surface area contributed by atoms with Gasteiger partial charge < -0.3 is 12.0 Å². The molecule has 0 spiro atoms. The van der Waals surface area contributed by atoms with Crippen LogP contribution in [0.2, 0.25) is 0 Å². The van der Waals surface area contributed by atoms with Crippen molar-refractivity contribution in [3.05, 3.63) is 6.92 Å². The second-order valence-corrected chi connectivity index (χ2v) is 1.17. The van der Waals surface area contributed by atoms with E-state index in [0.29, 0.717) is 0 Å². The van der Waals surface area contributed by atoms with Gasteiger partial charge in [0.25, 0.3) is 0 Å². The van der Waals surface area contributed by atoms with Crippen molar-refractivity contribution in [3.63, 3.8) is 0 Å². The molecule has 0 rings (SSSR count). The molecular formula is C6H16BrO2Zn-. The molecule has 0 aliphatic heterocycles. The van der Waals surface area contributed by atoms with Gasteiger partial charge >= 0.3 is 21.8 Å². The Balaban J connectivity index is -0.0000000273. The van der Waals surface area contributed by atoms with Crippen LogP contribution in [0.15, 0.2) is 0 Å². The summed E-state index contributed by atoms with van der Waals surface area (Å²) < 4.78 is 8.38. The van der Waals surface area contributed by atoms with Gasteiger partial charge in [-0.2, -0.15) is 6.42 Å². The van der Waals surface area contributed by atoms with E-state index in [9.17, 15) is 0 Å². The van der Waals surface area contributed by atoms with E-state index in [-0.39, 0.29) is 41.8 Å². The van der Waals surface area contributed by atoms with Gasteiger partial charge in [-0.25, -0.2) is 0 Å². The Hall–Kier alpha value is 0.863. The molecule has 0 unspecified atom stereocenters. The molecular weight excluding hydrogens is 249 g/mol. The van der Waals surface area contributed by atoms with Crippen LogP contribution in [0.1, 0.15) is 26.7 Å². The molecule has 0 amide bonds. The third-order valence-corrected chi connectivity index (χ3v) is 0.354. The number of hydrogen-bond donors (Lipinski definition) is 1. The monoisotopic (exact) mass is 263 g/mol. The van der Waals surface area contributed by atoms with Crippen molar-refractivity contribution in [3.8, 4) is 0 Å². The third-order valence-electron chi connectivity index (χ3n) is 0.354. The zero-order valence-corrected chi connectivity index (χ0v) is 11.5. The van der Waals surface area contributed by atoms with Crippen LogP contribution in [0.4, 0.5) is 0 Å². The summed E-state index contributed by atoms with van der Waals surface area (Å²) >= 11 is 0.125. The zero-order valence-electron chi connectivity index (χ0n) is 6.80. The summed E-state index contributed by atoms with van der Waals surface area (Å²) in [7, 11) is 0. The molecule has 1 N–H and O–H groups in total. The Labute approximate surface area is 84.1 Å². The summed E-state index contributed by atoms with van der Waals surface area (Å²) in [6.07, 6.45) is 2.28. The first-order valence-electron chi connectivity index (χ1n) is 3.02. The fourth-order valence-corrected chi connectivity index (χ4v) is 0. The topological polar surface area (TPSA) is 37.3 Å². The van der Waals surface area contributed by atoms with E-state index in [1.54, 1.807) is 6.92 Å². The molecule has 0 aromatic rings. The fourth-order valence-electron chi connectivity index (χ4n) is 0. The van der Waals surface area contributed by atoms with Crippen LogP contribution in [0.25, 0.3) is 0 Å². The van der Waals surface area contributed by atoms with Crippen molar-refractivity contribution in [2.45, 2.75) is 26.7 Å². The van der Waals surface area contributed by atoms with Gasteiger partial charge in [-0.15, -0.1) is 17.0 Å². The SMILES string of the molecule is Br.CCO.[CH2-]CCC.[O]=[Zn]. The average Bonchev–Trinajstić information content (AvgIpc) is 1.94. The molecule has 10 heavy (non-hydrogen) atoms. The molecule has 0 saturated carbocycles. The third kappa shape index (κ3) is 158. The number of unbranched alkanes of at least 4 members (excludes halogenated alkanes) is 1. The van der Waals surface area contributed by atoms with Crippen molar-refractivity contribution in [1.29, 1.82) is 0 Å². The van der Waals surface area contributed by atoms with Crippen LogP contribution < -0.4 is 0 Å². The second-order valence-electron chi connectivity index (χ2n) is 1.17. The molecule has 0 atom stereocenters. The number of hydrogen-bond acceptors (Lipinski definition) is 2. The van der Waals surface area contributed by atoms with Gasteiger partial charge in [0, 0.05) is 6.61 Å². The summed E-state index contributed by atoms with van der Waals surface area (Å²) in [6, 6.07) is 0. The predicted octanol–water partition coefficient (Wildman–Crippen LogP) is 2.08. The van der Waals surface area contributed by atoms with Gasteiger partial charge in [0.2, 0.25) is 0 Å². The Kier molecular flexibility index (Phi) is 116. The van der Waals surface area contributed by atoms with Crippen LogP contribution in [0.3, 0.4) is 0 Å². The second kappa shape index (κ2) is 51.9. The molecule has 0 bridgehead atoms. The Bertz CT molecular complexity index is 29.7. The Morgan fingerprint density at radius 3 is 1.50 bits per heavy atom. The van der Waals surface area contributed by atoms with Crippen molar-refractivity contribution >= 4 is 17.0 Å². The van der Waals surface area contributed by atoms with E-state index in [1.165, 1.54) is 6.42 Å². The summed E-state index contributed by atoms with van der Waals surface area (Å²) in [4.78, 5) is 0. The first-order chi connectivity index (χ1) is 4.33. The summed E-state index contributed by atoms with van der Waals surface area (Å²) in [5.41, 5.74) is 0. The van der Waals surface area contributed by atoms with Gasteiger partial charge in [0.05, 0.1) is 0 Å². The molecule has 0 aliphatic carbocycles. The van der Waals surface area contributed by atoms with Crippen LogP contribution in [-0.2, 0) is 21.8 Å². The average molecular weight is 265 g/mol. The van der Waals surface area contributed by atoms with Crippen molar-refractivity contribution in [2.24, 2.45) is 0 Å². The maximum absolute atomic E-state index is 8.38. The van der Waals surface area contributed by atoms with Crippen LogP contribution in [0.5, 0.6) is 0 Å². The summed E-state index contributed by atoms with van der Waals surface area (Å²) in [6.45, 7) is 7.65. The quantitative estimate of drug-likeness (QED) is 0.582. The Morgan fingerprint density at radius 1 is 1.40 bits per heavy atom. The molecule has 0 fully saturated rings. The van der Waals surface area contributed by atoms with Crippen molar-refractivity contribution in [1.82, 2.24) is 0 Å². The van der Waals surface area contributed by atoms with E-state index in [1.807, 2.05) is 0 Å². The van der Waals surface area contributed by atoms with Crippen LogP contribution >= 0.6 is 17.0 Å². The van der Waals surface area contributed by atoms with Gasteiger partial charge in [-0.3, -0.25) is 0 Å². The molecule has 62 valence electrons. The van der Waals surface area contributed by atoms with Gasteiger partial charge in [-0.05, 0) is 6.92 Å². The van der Waals surface area contributed by atoms with Crippen LogP contribution in [0, 0.1) is 6.92 Å². The van der Waals surface area contributed by atoms with Gasteiger partial charge in [0.1, 0.15) is 0 Å². The maximum atomic E-state index is 8.38. The van der Waals surface area contributed by atoms with Crippen LogP contribution in [-0.4, -0.2) is 11.7 Å². The number of aliphatic hydroxyl groups is 1. The normalized spacial score (nSPS) is 5.40. The first kappa shape index (κ1) is 22.4. The van der Waals surface area contributed by atoms with Crippen molar-refractivity contribution in [2.75, 3.05) is 6.61 Å². The van der Waals surface area contributed by atoms with E-state index < -0.39 is 0 Å². The standard InChI is InChI=1S/C4H9.C2H6O.BrH.O.Zn/c1-3-4-2;1-2-3;;;/h1,3-4H2,2H3;3H,2H2,1H3;1H;;/q-1;;;;. The number of aliphatic hydroxyl groups excluding tert-OH is 1. The molecule has 2 nitrogen and oxygen atoms in total. The van der Waals surface area contributed by atoms with Gasteiger partial charge in [-0.1, -0.05) is 13.3 Å². The summed E-state index contributed by atoms with van der Waals surface area (Å²) in [5, 5.41) is 7.57. The zero-order chi connectivity index (χ0) is 8.12. The van der Waals surface area contributed by atoms with Crippen molar-refractivity contribution < 1.29 is 26.9 Å². The van der Waals surface area contributed by atoms with E-state index in [4.69, 9.17) is 8.68 Å². The van der Waals surface area contributed by atoms with E-state index in [2.05, 4.69) is 13.8 Å². The predicted molar refractivity (Wildman–Crippen MR) is 44.0 cm³/mol. The molecule has 0 heterocycles. The number of rotatable bonds is 1. The first-order valence-corrected chi connectivity index (χ1v) is 4.23. The number of halogens is 1. The van der Waals surface area contributed by atoms with Gasteiger partial charge in [0.15, 0.2) is 0 Å². The molecule has 4 heteroatoms. The van der Waals surface area contributed by atoms with E-state index in [0.717, 1.165) is 6.42 Å². The molecule has 0 saturated heterocycles. The molecule has 0 aromatic heterocycles. The molecule has 0 radical (unpaired) electrons. The molecule has 0 aliphatic rings. The van der Waals surface area contributed by atoms with E-state index >= 15 is 0 Å². The summed E-state index contributed by atoms with van der Waals surface area (Å²) in [5.74, 6) is 0. The Morgan fingerprint density at radius 2 is 1.50 bits per heavy atom. The fraction of sp³-hybridized carbons (Fsp3) is 0.833. The molecule has 0 aromatic carbocycles. The minimum atomic E-state index is 0. The minimum absolute atomic E-state index is 0.